The Bertz CT molecular complexity index is 593. The third-order valence-electron chi connectivity index (χ3n) is 4.63. The fourth-order valence-electron chi connectivity index (χ4n) is 3.04. The van der Waals surface area contributed by atoms with E-state index in [2.05, 4.69) is 73.7 Å². The van der Waals surface area contributed by atoms with Crippen molar-refractivity contribution < 1.29 is 4.74 Å². The molecule has 1 aliphatic rings. The van der Waals surface area contributed by atoms with Crippen molar-refractivity contribution >= 4 is 25.9 Å². The fraction of sp³-hybridized carbons (Fsp3) is 0.600. The summed E-state index contributed by atoms with van der Waals surface area (Å²) in [4.78, 5) is 0. The van der Waals surface area contributed by atoms with Gasteiger partial charge in [-0.05, 0) is 46.9 Å². The summed E-state index contributed by atoms with van der Waals surface area (Å²) in [6.07, 6.45) is 4.36. The summed E-state index contributed by atoms with van der Waals surface area (Å²) in [5.41, 5.74) is 2.95. The molecule has 3 heteroatoms. The second kappa shape index (κ2) is 6.59. The van der Waals surface area contributed by atoms with E-state index in [0.29, 0.717) is 11.2 Å². The van der Waals surface area contributed by atoms with Crippen LogP contribution in [0.15, 0.2) is 30.0 Å². The molecular formula is C20H31BOS. The van der Waals surface area contributed by atoms with Gasteiger partial charge in [0.25, 0.3) is 0 Å². The maximum Gasteiger partial charge on any atom is 0.139 e. The average molecular weight is 330 g/mol. The van der Waals surface area contributed by atoms with Crippen molar-refractivity contribution in [2.75, 3.05) is 0 Å². The van der Waals surface area contributed by atoms with Crippen LogP contribution in [0.5, 0.6) is 5.75 Å². The summed E-state index contributed by atoms with van der Waals surface area (Å²) in [6.45, 7) is 13.6. The van der Waals surface area contributed by atoms with Gasteiger partial charge in [-0.15, -0.1) is 0 Å². The SMILES string of the molecule is Bc1cc(OC2=CC(C(C)(C)C)CC(S)C2)cc(C(C)(C)C)c1. The molecule has 2 rings (SSSR count). The van der Waals surface area contributed by atoms with Gasteiger partial charge in [-0.25, -0.2) is 0 Å². The fourth-order valence-corrected chi connectivity index (χ4v) is 3.45. The normalized spacial score (nSPS) is 22.7. The highest BCUT2D eigenvalue weighted by atomic mass is 32.1. The van der Waals surface area contributed by atoms with Crippen LogP contribution in [0, 0.1) is 11.3 Å². The van der Waals surface area contributed by atoms with Crippen LogP contribution < -0.4 is 10.2 Å². The molecule has 0 heterocycles. The molecule has 1 aromatic carbocycles. The second-order valence-electron chi connectivity index (χ2n) is 9.09. The molecule has 1 aliphatic carbocycles. The van der Waals surface area contributed by atoms with Crippen molar-refractivity contribution in [1.29, 1.82) is 0 Å². The summed E-state index contributed by atoms with van der Waals surface area (Å²) in [5, 5.41) is 0.381. The molecular weight excluding hydrogens is 299 g/mol. The lowest BCUT2D eigenvalue weighted by Crippen LogP contribution is -2.27. The molecule has 0 aliphatic heterocycles. The molecule has 0 radical (unpaired) electrons. The van der Waals surface area contributed by atoms with Gasteiger partial charge in [-0.1, -0.05) is 53.1 Å². The maximum absolute atomic E-state index is 6.28. The third-order valence-corrected chi connectivity index (χ3v) is 5.02. The van der Waals surface area contributed by atoms with Gasteiger partial charge in [0.05, 0.1) is 0 Å². The van der Waals surface area contributed by atoms with E-state index >= 15 is 0 Å². The predicted octanol–water partition coefficient (Wildman–Crippen LogP) is 4.26. The van der Waals surface area contributed by atoms with Crippen LogP contribution in [0.25, 0.3) is 0 Å². The highest BCUT2D eigenvalue weighted by Gasteiger charge is 2.30. The molecule has 0 spiro atoms. The topological polar surface area (TPSA) is 9.23 Å². The summed E-state index contributed by atoms with van der Waals surface area (Å²) in [5.74, 6) is 2.54. The number of hydrogen-bond donors (Lipinski definition) is 1. The first kappa shape index (κ1) is 18.5. The number of thiol groups is 1. The summed E-state index contributed by atoms with van der Waals surface area (Å²) in [6, 6.07) is 6.56. The minimum atomic E-state index is 0.130. The molecule has 0 fully saturated rings. The maximum atomic E-state index is 6.28. The summed E-state index contributed by atoms with van der Waals surface area (Å²) >= 11 is 4.74. The van der Waals surface area contributed by atoms with E-state index in [0.717, 1.165) is 24.4 Å². The van der Waals surface area contributed by atoms with Crippen LogP contribution in [-0.2, 0) is 5.41 Å². The van der Waals surface area contributed by atoms with Crippen LogP contribution in [0.1, 0.15) is 59.9 Å². The van der Waals surface area contributed by atoms with Gasteiger partial charge < -0.3 is 4.74 Å². The number of benzene rings is 1. The molecule has 2 atom stereocenters. The van der Waals surface area contributed by atoms with Crippen LogP contribution in [-0.4, -0.2) is 13.1 Å². The van der Waals surface area contributed by atoms with Gasteiger partial charge in [0, 0.05) is 11.7 Å². The Labute approximate surface area is 148 Å². The third kappa shape index (κ3) is 5.07. The largest absolute Gasteiger partial charge is 0.462 e. The van der Waals surface area contributed by atoms with E-state index in [-0.39, 0.29) is 10.8 Å². The van der Waals surface area contributed by atoms with Crippen molar-refractivity contribution in [2.45, 2.75) is 65.0 Å². The van der Waals surface area contributed by atoms with Crippen molar-refractivity contribution in [3.05, 3.63) is 35.6 Å². The zero-order valence-electron chi connectivity index (χ0n) is 15.7. The quantitative estimate of drug-likeness (QED) is 0.630. The highest BCUT2D eigenvalue weighted by Crippen LogP contribution is 2.38. The molecule has 0 amide bonds. The van der Waals surface area contributed by atoms with Gasteiger partial charge in [0.1, 0.15) is 19.4 Å². The Morgan fingerprint density at radius 2 is 1.74 bits per heavy atom. The van der Waals surface area contributed by atoms with Crippen LogP contribution >= 0.6 is 12.6 Å². The lowest BCUT2D eigenvalue weighted by Gasteiger charge is -2.34. The molecule has 0 saturated heterocycles. The Balaban J connectivity index is 2.28. The van der Waals surface area contributed by atoms with Gasteiger partial charge in [-0.2, -0.15) is 12.6 Å². The van der Waals surface area contributed by atoms with Crippen molar-refractivity contribution in [2.24, 2.45) is 11.3 Å². The van der Waals surface area contributed by atoms with E-state index < -0.39 is 0 Å². The highest BCUT2D eigenvalue weighted by molar-refractivity contribution is 7.80. The van der Waals surface area contributed by atoms with Gasteiger partial charge in [-0.3, -0.25) is 0 Å². The molecule has 23 heavy (non-hydrogen) atoms. The molecule has 0 saturated carbocycles. The number of allylic oxidation sites excluding steroid dienone is 2. The zero-order valence-corrected chi connectivity index (χ0v) is 16.6. The smallest absolute Gasteiger partial charge is 0.139 e. The van der Waals surface area contributed by atoms with Crippen LogP contribution in [0.2, 0.25) is 0 Å². The molecule has 0 aromatic heterocycles. The minimum Gasteiger partial charge on any atom is -0.462 e. The van der Waals surface area contributed by atoms with E-state index in [1.165, 1.54) is 11.0 Å². The molecule has 126 valence electrons. The van der Waals surface area contributed by atoms with E-state index in [1.807, 2.05) is 0 Å². The first-order chi connectivity index (χ1) is 10.4. The van der Waals surface area contributed by atoms with Crippen LogP contribution in [0.3, 0.4) is 0 Å². The number of ether oxygens (including phenoxy) is 1. The first-order valence-corrected chi connectivity index (χ1v) is 9.15. The molecule has 0 N–H and O–H groups in total. The van der Waals surface area contributed by atoms with Gasteiger partial charge in [0.2, 0.25) is 0 Å². The summed E-state index contributed by atoms with van der Waals surface area (Å²) < 4.78 is 6.28. The minimum absolute atomic E-state index is 0.130. The lowest BCUT2D eigenvalue weighted by molar-refractivity contribution is 0.248. The van der Waals surface area contributed by atoms with E-state index in [1.54, 1.807) is 0 Å². The Morgan fingerprint density at radius 1 is 1.09 bits per heavy atom. The Morgan fingerprint density at radius 3 is 2.30 bits per heavy atom. The molecule has 0 bridgehead atoms. The standard InChI is InChI=1S/C20H31BOS/c1-19(2,3)13-7-15(21)11-16(8-13)22-17-9-14(20(4,5)6)10-18(23)12-17/h7-9,11,14,18,23H,10,12,21H2,1-6H3. The average Bonchev–Trinajstić information content (AvgIpc) is 2.35. The Kier molecular flexibility index (Phi) is 5.30. The molecule has 2 unspecified atom stereocenters. The van der Waals surface area contributed by atoms with Crippen LogP contribution in [0.4, 0.5) is 0 Å². The summed E-state index contributed by atoms with van der Waals surface area (Å²) in [7, 11) is 2.14. The monoisotopic (exact) mass is 330 g/mol. The lowest BCUT2D eigenvalue weighted by atomic mass is 9.75. The number of hydrogen-bond acceptors (Lipinski definition) is 2. The number of rotatable bonds is 2. The predicted molar refractivity (Wildman–Crippen MR) is 107 cm³/mol. The zero-order chi connectivity index (χ0) is 17.4. The first-order valence-electron chi connectivity index (χ1n) is 8.64. The second-order valence-corrected chi connectivity index (χ2v) is 9.82. The van der Waals surface area contributed by atoms with Crippen molar-refractivity contribution in [3.63, 3.8) is 0 Å². The Hall–Kier alpha value is -0.825. The van der Waals surface area contributed by atoms with Gasteiger partial charge in [0.15, 0.2) is 0 Å². The molecule has 1 nitrogen and oxygen atoms in total. The molecule has 1 aromatic rings. The van der Waals surface area contributed by atoms with E-state index in [4.69, 9.17) is 17.4 Å². The van der Waals surface area contributed by atoms with Gasteiger partial charge >= 0.3 is 0 Å². The van der Waals surface area contributed by atoms with Crippen molar-refractivity contribution in [3.8, 4) is 5.75 Å². The van der Waals surface area contributed by atoms with E-state index in [9.17, 15) is 0 Å². The van der Waals surface area contributed by atoms with Crippen molar-refractivity contribution in [1.82, 2.24) is 0 Å².